The second-order valence-corrected chi connectivity index (χ2v) is 9.52. The van der Waals surface area contributed by atoms with Crippen LogP contribution in [0.1, 0.15) is 39.5 Å². The average Bonchev–Trinajstić information content (AvgIpc) is 2.63. The topological polar surface area (TPSA) is 50.1 Å². The van der Waals surface area contributed by atoms with Crippen molar-refractivity contribution >= 4 is 48.4 Å². The van der Waals surface area contributed by atoms with Crippen molar-refractivity contribution in [3.8, 4) is 17.2 Å². The van der Waals surface area contributed by atoms with Crippen molar-refractivity contribution < 1.29 is 12.9 Å². The lowest BCUT2D eigenvalue weighted by atomic mass is 9.47. The molecule has 0 heterocycles. The van der Waals surface area contributed by atoms with Crippen LogP contribution in [0.4, 0.5) is 3.89 Å². The maximum atomic E-state index is 12.7. The van der Waals surface area contributed by atoms with Gasteiger partial charge in [-0.05, 0) is 74.8 Å². The molecule has 0 aromatic heterocycles. The highest BCUT2D eigenvalue weighted by Crippen LogP contribution is 2.62. The van der Waals surface area contributed by atoms with Crippen molar-refractivity contribution in [1.29, 1.82) is 5.26 Å². The van der Waals surface area contributed by atoms with Gasteiger partial charge in [0.2, 0.25) is 12.4 Å². The molecule has 7 heteroatoms. The van der Waals surface area contributed by atoms with Crippen LogP contribution in [-0.4, -0.2) is 11.9 Å². The van der Waals surface area contributed by atoms with Crippen molar-refractivity contribution in [2.24, 2.45) is 22.7 Å². The van der Waals surface area contributed by atoms with Crippen LogP contribution in [0.3, 0.4) is 0 Å². The van der Waals surface area contributed by atoms with Crippen LogP contribution in [0.5, 0.6) is 0 Å². The van der Waals surface area contributed by atoms with E-state index >= 15 is 0 Å². The number of hydrogen-bond donors (Lipinski definition) is 0. The first-order chi connectivity index (χ1) is 12.4. The molecule has 3 rings (SSSR count). The molecule has 2 saturated carbocycles. The second-order valence-electron chi connectivity index (χ2n) is 7.53. The molecule has 0 bridgehead atoms. The normalized spacial score (nSPS) is 38.7. The van der Waals surface area contributed by atoms with Crippen LogP contribution in [0.25, 0.3) is 0 Å². The van der Waals surface area contributed by atoms with Crippen LogP contribution in [0.15, 0.2) is 23.3 Å². The molecule has 0 aliphatic heterocycles. The lowest BCUT2D eigenvalue weighted by molar-refractivity contribution is -0.111. The number of rotatable bonds is 2. The molecule has 0 amide bonds. The predicted octanol–water partition coefficient (Wildman–Crippen LogP) is 5.74. The number of carbonyl (C=O) groups excluding carboxylic acids is 1. The maximum Gasteiger partial charge on any atom is 0.208 e. The van der Waals surface area contributed by atoms with Crippen LogP contribution >= 0.6 is 42.6 Å². The van der Waals surface area contributed by atoms with Gasteiger partial charge in [-0.15, -0.1) is 3.89 Å². The minimum atomic E-state index is -0.551. The van der Waals surface area contributed by atoms with E-state index in [-0.39, 0.29) is 41.2 Å². The average molecular weight is 503 g/mol. The SMILES string of the molecule is CC1C(OSF)CCC2(C)C3=CC(=O)C(C#N)=CC3(C#CSI)CCC12. The maximum absolute atomic E-state index is 12.7. The zero-order valence-electron chi connectivity index (χ0n) is 14.6. The molecular weight excluding hydrogens is 484 g/mol. The first-order valence-electron chi connectivity index (χ1n) is 8.55. The summed E-state index contributed by atoms with van der Waals surface area (Å²) in [7, 11) is 1.41. The molecule has 5 unspecified atom stereocenters. The fourth-order valence-corrected chi connectivity index (χ4v) is 6.10. The first-order valence-corrected chi connectivity index (χ1v) is 12.6. The van der Waals surface area contributed by atoms with Gasteiger partial charge in [0.15, 0.2) is 5.78 Å². The third-order valence-electron chi connectivity index (χ3n) is 6.46. The van der Waals surface area contributed by atoms with E-state index in [1.165, 1.54) is 8.93 Å². The summed E-state index contributed by atoms with van der Waals surface area (Å²) in [5.74, 6) is 3.61. The molecular formula is C19H19FINO2S2. The van der Waals surface area contributed by atoms with Gasteiger partial charge in [-0.1, -0.05) is 19.8 Å². The van der Waals surface area contributed by atoms with E-state index in [4.69, 9.17) is 4.18 Å². The Morgan fingerprint density at radius 2 is 2.19 bits per heavy atom. The van der Waals surface area contributed by atoms with Crippen molar-refractivity contribution in [1.82, 2.24) is 0 Å². The summed E-state index contributed by atoms with van der Waals surface area (Å²) in [4.78, 5) is 12.5. The van der Waals surface area contributed by atoms with Crippen LogP contribution in [-0.2, 0) is 8.98 Å². The number of halogens is 2. The van der Waals surface area contributed by atoms with E-state index in [0.29, 0.717) is 5.92 Å². The third kappa shape index (κ3) is 3.26. The molecule has 0 saturated heterocycles. The zero-order valence-corrected chi connectivity index (χ0v) is 18.3. The Labute approximate surface area is 174 Å². The highest BCUT2D eigenvalue weighted by Gasteiger charge is 2.56. The van der Waals surface area contributed by atoms with Crippen molar-refractivity contribution in [3.63, 3.8) is 0 Å². The standard InChI is InChI=1S/C19H19FINO2S2/c1-12-14-3-6-19(7-8-25-21)10-13(11-22)15(23)9-17(19)18(14,2)5-4-16(12)24-26-20/h9-10,12,14,16H,3-6H2,1-2H3. The lowest BCUT2D eigenvalue weighted by Crippen LogP contribution is -2.51. The summed E-state index contributed by atoms with van der Waals surface area (Å²) >= 11 is 2.08. The third-order valence-corrected chi connectivity index (χ3v) is 7.62. The number of nitrogens with zero attached hydrogens (tertiary/aromatic N) is 1. The van der Waals surface area contributed by atoms with Gasteiger partial charge < -0.3 is 0 Å². The molecule has 0 spiro atoms. The molecule has 2 fully saturated rings. The highest BCUT2D eigenvalue weighted by molar-refractivity contribution is 14.2. The number of hydrogen-bond acceptors (Lipinski definition) is 5. The Morgan fingerprint density at radius 1 is 1.42 bits per heavy atom. The minimum Gasteiger partial charge on any atom is -0.288 e. The smallest absolute Gasteiger partial charge is 0.208 e. The molecule has 3 nitrogen and oxygen atoms in total. The number of fused-ring (bicyclic) bond motifs is 3. The summed E-state index contributed by atoms with van der Waals surface area (Å²) in [6, 6.07) is 2.03. The summed E-state index contributed by atoms with van der Waals surface area (Å²) in [5, 5.41) is 12.4. The molecule has 26 heavy (non-hydrogen) atoms. The van der Waals surface area contributed by atoms with Gasteiger partial charge >= 0.3 is 0 Å². The first kappa shape index (κ1) is 20.3. The Kier molecular flexibility index (Phi) is 6.13. The van der Waals surface area contributed by atoms with Crippen molar-refractivity contribution in [2.75, 3.05) is 0 Å². The monoisotopic (exact) mass is 503 g/mol. The zero-order chi connectivity index (χ0) is 18.9. The predicted molar refractivity (Wildman–Crippen MR) is 111 cm³/mol. The number of nitriles is 1. The Balaban J connectivity index is 2.07. The number of ketones is 1. The molecule has 0 aromatic carbocycles. The summed E-state index contributed by atoms with van der Waals surface area (Å²) in [6.45, 7) is 4.31. The quantitative estimate of drug-likeness (QED) is 0.273. The van der Waals surface area contributed by atoms with Gasteiger partial charge in [-0.25, -0.2) is 0 Å². The summed E-state index contributed by atoms with van der Waals surface area (Å²) < 4.78 is 17.9. The van der Waals surface area contributed by atoms with Crippen LogP contribution < -0.4 is 0 Å². The molecule has 5 atom stereocenters. The van der Waals surface area contributed by atoms with Gasteiger partial charge in [0.1, 0.15) is 6.07 Å². The van der Waals surface area contributed by atoms with Gasteiger partial charge in [0.05, 0.1) is 17.1 Å². The highest BCUT2D eigenvalue weighted by atomic mass is 127. The summed E-state index contributed by atoms with van der Waals surface area (Å²) in [6.07, 6.45) is 6.58. The molecule has 0 N–H and O–H groups in total. The minimum absolute atomic E-state index is 0.0533. The van der Waals surface area contributed by atoms with Crippen LogP contribution in [0, 0.1) is 45.2 Å². The Morgan fingerprint density at radius 3 is 2.85 bits per heavy atom. The fraction of sp³-hybridized carbons (Fsp3) is 0.579. The van der Waals surface area contributed by atoms with Gasteiger partial charge in [0, 0.05) is 21.2 Å². The second kappa shape index (κ2) is 7.87. The van der Waals surface area contributed by atoms with E-state index in [9.17, 15) is 13.9 Å². The Bertz CT molecular complexity index is 781. The molecule has 138 valence electrons. The van der Waals surface area contributed by atoms with Gasteiger partial charge in [-0.3, -0.25) is 8.98 Å². The molecule has 0 radical (unpaired) electrons. The largest absolute Gasteiger partial charge is 0.288 e. The number of carbonyl (C=O) groups is 1. The van der Waals surface area contributed by atoms with E-state index in [1.807, 2.05) is 6.07 Å². The van der Waals surface area contributed by atoms with E-state index in [0.717, 1.165) is 31.3 Å². The summed E-state index contributed by atoms with van der Waals surface area (Å²) in [5.41, 5.74) is 0.463. The van der Waals surface area contributed by atoms with Crippen molar-refractivity contribution in [3.05, 3.63) is 23.3 Å². The van der Waals surface area contributed by atoms with Gasteiger partial charge in [0.25, 0.3) is 0 Å². The lowest BCUT2D eigenvalue weighted by Gasteiger charge is -2.57. The van der Waals surface area contributed by atoms with E-state index in [1.54, 1.807) is 12.2 Å². The fourth-order valence-electron chi connectivity index (χ4n) is 5.19. The number of allylic oxidation sites excluding steroid dienone is 4. The van der Waals surface area contributed by atoms with Gasteiger partial charge in [-0.2, -0.15) is 5.26 Å². The van der Waals surface area contributed by atoms with E-state index < -0.39 is 5.41 Å². The Hall–Kier alpha value is -0.480. The van der Waals surface area contributed by atoms with Crippen molar-refractivity contribution in [2.45, 2.75) is 45.6 Å². The molecule has 3 aliphatic carbocycles. The van der Waals surface area contributed by atoms with Crippen LogP contribution in [0.2, 0.25) is 0 Å². The molecule has 3 aliphatic rings. The van der Waals surface area contributed by atoms with E-state index in [2.05, 4.69) is 46.2 Å². The molecule has 0 aromatic rings.